The molecule has 0 saturated carbocycles. The number of aromatic nitrogens is 1. The van der Waals surface area contributed by atoms with E-state index in [2.05, 4.69) is 16.0 Å². The summed E-state index contributed by atoms with van der Waals surface area (Å²) in [6.07, 6.45) is 2.21. The zero-order valence-corrected chi connectivity index (χ0v) is 16.2. The van der Waals surface area contributed by atoms with Crippen molar-refractivity contribution in [3.05, 3.63) is 66.9 Å². The van der Waals surface area contributed by atoms with Crippen LogP contribution in [-0.2, 0) is 9.59 Å². The van der Waals surface area contributed by atoms with Gasteiger partial charge < -0.3 is 4.90 Å². The van der Waals surface area contributed by atoms with E-state index in [0.29, 0.717) is 5.69 Å². The van der Waals surface area contributed by atoms with Crippen LogP contribution in [0.15, 0.2) is 66.9 Å². The number of imide groups is 1. The Morgan fingerprint density at radius 3 is 2.45 bits per heavy atom. The van der Waals surface area contributed by atoms with Crippen LogP contribution >= 0.6 is 0 Å². The lowest BCUT2D eigenvalue weighted by Crippen LogP contribution is -3.19. The maximum Gasteiger partial charge on any atom is 0.292 e. The van der Waals surface area contributed by atoms with Gasteiger partial charge >= 0.3 is 0 Å². The van der Waals surface area contributed by atoms with E-state index in [1.165, 1.54) is 9.80 Å². The van der Waals surface area contributed by atoms with Crippen LogP contribution in [0.25, 0.3) is 10.8 Å². The number of rotatable bonds is 3. The summed E-state index contributed by atoms with van der Waals surface area (Å²) in [7, 11) is 0. The van der Waals surface area contributed by atoms with Crippen molar-refractivity contribution < 1.29 is 19.5 Å². The predicted octanol–water partition coefficient (Wildman–Crippen LogP) is 0.691. The number of H-pyrrole nitrogens is 1. The Morgan fingerprint density at radius 1 is 0.897 bits per heavy atom. The highest BCUT2D eigenvalue weighted by atomic mass is 16.2. The van der Waals surface area contributed by atoms with Crippen molar-refractivity contribution in [3.63, 3.8) is 0 Å². The molecule has 0 aliphatic carbocycles. The second kappa shape index (κ2) is 7.29. The molecule has 2 saturated heterocycles. The maximum absolute atomic E-state index is 13.3. The van der Waals surface area contributed by atoms with Gasteiger partial charge in [0.25, 0.3) is 11.7 Å². The first-order valence-corrected chi connectivity index (χ1v) is 10.1. The molecule has 0 bridgehead atoms. The highest BCUT2D eigenvalue weighted by molar-refractivity contribution is 6.24. The van der Waals surface area contributed by atoms with Crippen LogP contribution in [0.4, 0.5) is 11.5 Å². The van der Waals surface area contributed by atoms with Gasteiger partial charge in [-0.25, -0.2) is 9.88 Å². The first-order chi connectivity index (χ1) is 14.2. The SMILES string of the molecule is O=C1C[C@H]([NH+]2CCN(c3cccc[nH+]3)CC2)C(=O)N1c1cccc2ccccc12. The van der Waals surface area contributed by atoms with E-state index >= 15 is 0 Å². The van der Waals surface area contributed by atoms with Crippen LogP contribution in [0.2, 0.25) is 0 Å². The van der Waals surface area contributed by atoms with Crippen LogP contribution in [0, 0.1) is 0 Å². The summed E-state index contributed by atoms with van der Waals surface area (Å²) in [6, 6.07) is 19.4. The summed E-state index contributed by atoms with van der Waals surface area (Å²) in [6.45, 7) is 3.41. The normalized spacial score (nSPS) is 20.6. The van der Waals surface area contributed by atoms with E-state index in [1.807, 2.05) is 60.8 Å². The van der Waals surface area contributed by atoms with Crippen molar-refractivity contribution in [1.29, 1.82) is 0 Å². The van der Waals surface area contributed by atoms with Gasteiger partial charge in [-0.15, -0.1) is 0 Å². The van der Waals surface area contributed by atoms with E-state index < -0.39 is 0 Å². The molecule has 2 N–H and O–H groups in total. The Kier molecular flexibility index (Phi) is 4.48. The molecule has 0 radical (unpaired) electrons. The summed E-state index contributed by atoms with van der Waals surface area (Å²) in [4.78, 5) is 34.3. The van der Waals surface area contributed by atoms with Gasteiger partial charge in [-0.05, 0) is 17.5 Å². The number of quaternary nitrogens is 1. The lowest BCUT2D eigenvalue weighted by molar-refractivity contribution is -0.915. The molecule has 3 aromatic rings. The Morgan fingerprint density at radius 2 is 1.66 bits per heavy atom. The van der Waals surface area contributed by atoms with Gasteiger partial charge in [-0.2, -0.15) is 0 Å². The highest BCUT2D eigenvalue weighted by Crippen LogP contribution is 2.30. The minimum atomic E-state index is -0.289. The molecule has 2 aliphatic heterocycles. The molecule has 1 atom stereocenters. The molecular formula is C23H24N4O2+2. The molecule has 0 spiro atoms. The Balaban J connectivity index is 1.35. The van der Waals surface area contributed by atoms with E-state index in [0.717, 1.165) is 42.8 Å². The zero-order chi connectivity index (χ0) is 19.8. The van der Waals surface area contributed by atoms with Crippen LogP contribution in [0.5, 0.6) is 0 Å². The molecule has 5 rings (SSSR count). The number of aromatic amines is 1. The summed E-state index contributed by atoms with van der Waals surface area (Å²) in [5, 5.41) is 1.98. The van der Waals surface area contributed by atoms with E-state index in [4.69, 9.17) is 0 Å². The number of pyridine rings is 1. The molecule has 2 aromatic carbocycles. The molecule has 3 heterocycles. The second-order valence-corrected chi connectivity index (χ2v) is 7.72. The molecule has 146 valence electrons. The third-order valence-corrected chi connectivity index (χ3v) is 6.09. The quantitative estimate of drug-likeness (QED) is 0.672. The van der Waals surface area contributed by atoms with Gasteiger partial charge in [-0.1, -0.05) is 42.5 Å². The molecule has 1 aromatic heterocycles. The molecule has 0 unspecified atom stereocenters. The number of anilines is 2. The fraction of sp³-hybridized carbons (Fsp3) is 0.261. The first kappa shape index (κ1) is 17.8. The number of benzene rings is 2. The Labute approximate surface area is 169 Å². The third kappa shape index (κ3) is 3.15. The molecule has 2 fully saturated rings. The molecule has 29 heavy (non-hydrogen) atoms. The van der Waals surface area contributed by atoms with Crippen LogP contribution < -0.4 is 19.7 Å². The van der Waals surface area contributed by atoms with E-state index in [1.54, 1.807) is 0 Å². The van der Waals surface area contributed by atoms with Gasteiger partial charge in [0.05, 0.1) is 18.3 Å². The van der Waals surface area contributed by atoms with Gasteiger partial charge in [0.15, 0.2) is 6.04 Å². The van der Waals surface area contributed by atoms with Crippen LogP contribution in [-0.4, -0.2) is 44.0 Å². The smallest absolute Gasteiger partial charge is 0.292 e. The van der Waals surface area contributed by atoms with Crippen molar-refractivity contribution in [3.8, 4) is 0 Å². The Bertz CT molecular complexity index is 1060. The number of hydrogen-bond acceptors (Lipinski definition) is 3. The van der Waals surface area contributed by atoms with Crippen molar-refractivity contribution in [2.75, 3.05) is 36.0 Å². The van der Waals surface area contributed by atoms with Crippen molar-refractivity contribution in [1.82, 2.24) is 0 Å². The third-order valence-electron chi connectivity index (χ3n) is 6.09. The van der Waals surface area contributed by atoms with Crippen molar-refractivity contribution in [2.24, 2.45) is 0 Å². The molecule has 2 amide bonds. The number of nitrogens with one attached hydrogen (secondary N) is 2. The fourth-order valence-electron chi connectivity index (χ4n) is 4.57. The molecule has 6 nitrogen and oxygen atoms in total. The average Bonchev–Trinajstić information content (AvgIpc) is 3.08. The van der Waals surface area contributed by atoms with Gasteiger partial charge in [0, 0.05) is 11.5 Å². The van der Waals surface area contributed by atoms with Crippen molar-refractivity contribution >= 4 is 34.1 Å². The number of hydrogen-bond donors (Lipinski definition) is 1. The van der Waals surface area contributed by atoms with Crippen LogP contribution in [0.1, 0.15) is 6.42 Å². The number of piperazine rings is 1. The van der Waals surface area contributed by atoms with E-state index in [9.17, 15) is 9.59 Å². The Hall–Kier alpha value is -3.25. The summed E-state index contributed by atoms with van der Waals surface area (Å²) in [5.41, 5.74) is 0.706. The minimum absolute atomic E-state index is 0.0684. The molecular weight excluding hydrogens is 364 g/mol. The fourth-order valence-corrected chi connectivity index (χ4v) is 4.57. The van der Waals surface area contributed by atoms with Gasteiger partial charge in [0.1, 0.15) is 26.2 Å². The second-order valence-electron chi connectivity index (χ2n) is 7.72. The molecule has 6 heteroatoms. The summed E-state index contributed by atoms with van der Waals surface area (Å²) < 4.78 is 0. The zero-order valence-electron chi connectivity index (χ0n) is 16.2. The lowest BCUT2D eigenvalue weighted by Gasteiger charge is -2.31. The van der Waals surface area contributed by atoms with Crippen LogP contribution in [0.3, 0.4) is 0 Å². The van der Waals surface area contributed by atoms with Gasteiger partial charge in [-0.3, -0.25) is 14.5 Å². The standard InChI is InChI=1S/C23H22N4O2/c28-22-16-20(25-12-14-26(15-13-25)21-10-3-4-11-24-21)23(29)27(22)19-9-5-7-17-6-1-2-8-18(17)19/h1-11,20H,12-16H2/p+2/t20-/m0/s1. The summed E-state index contributed by atoms with van der Waals surface area (Å²) >= 11 is 0. The number of carbonyl (C=O) groups is 2. The predicted molar refractivity (Wildman–Crippen MR) is 111 cm³/mol. The number of fused-ring (bicyclic) bond motifs is 1. The highest BCUT2D eigenvalue weighted by Gasteiger charge is 2.47. The van der Waals surface area contributed by atoms with E-state index in [-0.39, 0.29) is 24.3 Å². The number of carbonyl (C=O) groups excluding carboxylic acids is 2. The minimum Gasteiger partial charge on any atom is -0.318 e. The lowest BCUT2D eigenvalue weighted by atomic mass is 10.1. The monoisotopic (exact) mass is 388 g/mol. The molecule has 2 aliphatic rings. The van der Waals surface area contributed by atoms with Gasteiger partial charge in [0.2, 0.25) is 5.91 Å². The first-order valence-electron chi connectivity index (χ1n) is 10.1. The number of nitrogens with zero attached hydrogens (tertiary/aromatic N) is 2. The largest absolute Gasteiger partial charge is 0.318 e. The van der Waals surface area contributed by atoms with Crippen molar-refractivity contribution in [2.45, 2.75) is 12.5 Å². The maximum atomic E-state index is 13.3. The number of amides is 2. The topological polar surface area (TPSA) is 59.2 Å². The average molecular weight is 388 g/mol. The summed E-state index contributed by atoms with van der Waals surface area (Å²) in [5.74, 6) is 0.932.